The van der Waals surface area contributed by atoms with Crippen LogP contribution in [0.25, 0.3) is 109 Å². The van der Waals surface area contributed by atoms with Gasteiger partial charge in [-0.05, 0) is 87.3 Å². The molecular weight excluding hydrogens is 653 g/mol. The monoisotopic (exact) mass is 680 g/mol. The quantitative estimate of drug-likeness (QED) is 0.186. The molecule has 52 heavy (non-hydrogen) atoms. The molecule has 0 N–H and O–H groups in total. The Labute approximate surface area is 303 Å². The minimum atomic E-state index is 0.686. The summed E-state index contributed by atoms with van der Waals surface area (Å²) in [6.07, 6.45) is 0. The van der Waals surface area contributed by atoms with Crippen LogP contribution in [0.5, 0.6) is 0 Å². The van der Waals surface area contributed by atoms with Crippen molar-refractivity contribution in [2.24, 2.45) is 0 Å². The van der Waals surface area contributed by atoms with E-state index in [1.807, 2.05) is 23.5 Å². The van der Waals surface area contributed by atoms with Crippen molar-refractivity contribution in [3.63, 3.8) is 0 Å². The third kappa shape index (κ3) is 4.73. The van der Waals surface area contributed by atoms with Gasteiger partial charge in [-0.2, -0.15) is 0 Å². The van der Waals surface area contributed by atoms with E-state index >= 15 is 0 Å². The van der Waals surface area contributed by atoms with Crippen LogP contribution in [0.15, 0.2) is 174 Å². The molecule has 0 amide bonds. The van der Waals surface area contributed by atoms with E-state index in [4.69, 9.17) is 14.4 Å². The lowest BCUT2D eigenvalue weighted by molar-refractivity contribution is 0.669. The topological polar surface area (TPSA) is 38.9 Å². The number of benzene rings is 8. The van der Waals surface area contributed by atoms with Crippen LogP contribution in [-0.4, -0.2) is 9.97 Å². The highest BCUT2D eigenvalue weighted by molar-refractivity contribution is 7.25. The average Bonchev–Trinajstić information content (AvgIpc) is 3.78. The van der Waals surface area contributed by atoms with Crippen molar-refractivity contribution in [3.8, 4) is 45.0 Å². The van der Waals surface area contributed by atoms with Crippen LogP contribution in [0.1, 0.15) is 0 Å². The third-order valence-corrected chi connectivity index (χ3v) is 11.4. The zero-order valence-corrected chi connectivity index (χ0v) is 28.7. The van der Waals surface area contributed by atoms with Gasteiger partial charge < -0.3 is 4.42 Å². The van der Waals surface area contributed by atoms with E-state index in [0.717, 1.165) is 66.5 Å². The van der Waals surface area contributed by atoms with Crippen LogP contribution in [0, 0.1) is 0 Å². The van der Waals surface area contributed by atoms with E-state index in [-0.39, 0.29) is 0 Å². The molecule has 0 aliphatic heterocycles. The molecule has 0 radical (unpaired) electrons. The SMILES string of the molecule is c1ccc2cc(-c3nc(-c4cc(-c5ccc6ccccc6c5)c5c(c4)oc4ccccc45)cc(-c4ccc5sc6ccccc6c5c4)n3)ccc2c1. The van der Waals surface area contributed by atoms with Crippen molar-refractivity contribution in [2.45, 2.75) is 0 Å². The van der Waals surface area contributed by atoms with E-state index in [2.05, 4.69) is 158 Å². The van der Waals surface area contributed by atoms with Crippen molar-refractivity contribution in [3.05, 3.63) is 170 Å². The number of aromatic nitrogens is 2. The zero-order chi connectivity index (χ0) is 34.2. The lowest BCUT2D eigenvalue weighted by Gasteiger charge is -2.12. The van der Waals surface area contributed by atoms with Crippen LogP contribution >= 0.6 is 11.3 Å². The molecule has 3 aromatic heterocycles. The van der Waals surface area contributed by atoms with Gasteiger partial charge in [-0.15, -0.1) is 11.3 Å². The fourth-order valence-electron chi connectivity index (χ4n) is 7.67. The second-order valence-corrected chi connectivity index (χ2v) is 14.5. The van der Waals surface area contributed by atoms with Gasteiger partial charge in [0.15, 0.2) is 5.82 Å². The summed E-state index contributed by atoms with van der Waals surface area (Å²) in [6.45, 7) is 0. The molecule has 0 saturated heterocycles. The standard InChI is InChI=1S/C48H28N2OS/c1-3-11-31-23-33(19-17-29(31)9-1)39-26-36(27-44-47(39)38-14-5-7-15-43(38)51-44)42-28-41(34-21-22-46-40(25-34)37-13-6-8-16-45(37)52-46)49-48(50-42)35-20-18-30-10-2-4-12-32(30)24-35/h1-28H. The van der Waals surface area contributed by atoms with Crippen LogP contribution in [-0.2, 0) is 0 Å². The summed E-state index contributed by atoms with van der Waals surface area (Å²) >= 11 is 1.83. The summed E-state index contributed by atoms with van der Waals surface area (Å²) in [5, 5.41) is 9.47. The molecule has 8 aromatic carbocycles. The Bertz CT molecular complexity index is 3210. The number of hydrogen-bond donors (Lipinski definition) is 0. The van der Waals surface area contributed by atoms with E-state index < -0.39 is 0 Å². The maximum absolute atomic E-state index is 6.58. The first-order valence-electron chi connectivity index (χ1n) is 17.5. The first-order valence-corrected chi connectivity index (χ1v) is 18.3. The Morgan fingerprint density at radius 2 is 1.00 bits per heavy atom. The highest BCUT2D eigenvalue weighted by Gasteiger charge is 2.18. The molecule has 0 aliphatic carbocycles. The molecule has 0 atom stereocenters. The fraction of sp³-hybridized carbons (Fsp3) is 0. The smallest absolute Gasteiger partial charge is 0.160 e. The molecule has 0 saturated carbocycles. The fourth-order valence-corrected chi connectivity index (χ4v) is 8.76. The Hall–Kier alpha value is -6.62. The summed E-state index contributed by atoms with van der Waals surface area (Å²) in [6, 6.07) is 60.3. The summed E-state index contributed by atoms with van der Waals surface area (Å²) in [4.78, 5) is 10.6. The summed E-state index contributed by atoms with van der Waals surface area (Å²) < 4.78 is 9.14. The molecule has 11 aromatic rings. The first kappa shape index (κ1) is 29.1. The van der Waals surface area contributed by atoms with Gasteiger partial charge in [-0.1, -0.05) is 115 Å². The molecule has 0 bridgehead atoms. The van der Waals surface area contributed by atoms with E-state index in [9.17, 15) is 0 Å². The Kier molecular flexibility index (Phi) is 6.42. The summed E-state index contributed by atoms with van der Waals surface area (Å²) in [5.41, 5.74) is 8.67. The molecular formula is C48H28N2OS. The number of nitrogens with zero attached hydrogens (tertiary/aromatic N) is 2. The number of furan rings is 1. The van der Waals surface area contributed by atoms with Crippen LogP contribution < -0.4 is 0 Å². The van der Waals surface area contributed by atoms with Crippen molar-refractivity contribution in [2.75, 3.05) is 0 Å². The number of hydrogen-bond acceptors (Lipinski definition) is 4. The first-order chi connectivity index (χ1) is 25.7. The molecule has 0 aliphatic rings. The van der Waals surface area contributed by atoms with Gasteiger partial charge >= 0.3 is 0 Å². The van der Waals surface area contributed by atoms with Crippen molar-refractivity contribution >= 4 is 75.0 Å². The van der Waals surface area contributed by atoms with Gasteiger partial charge in [0.1, 0.15) is 11.2 Å². The molecule has 4 heteroatoms. The minimum Gasteiger partial charge on any atom is -0.456 e. The van der Waals surface area contributed by atoms with E-state index in [0.29, 0.717) is 5.82 Å². The maximum atomic E-state index is 6.58. The molecule has 0 unspecified atom stereocenters. The largest absolute Gasteiger partial charge is 0.456 e. The second-order valence-electron chi connectivity index (χ2n) is 13.4. The molecule has 3 nitrogen and oxygen atoms in total. The Balaban J connectivity index is 1.17. The Morgan fingerprint density at radius 1 is 0.385 bits per heavy atom. The molecule has 0 fully saturated rings. The second kappa shape index (κ2) is 11.5. The molecule has 11 rings (SSSR count). The van der Waals surface area contributed by atoms with Gasteiger partial charge in [-0.3, -0.25) is 0 Å². The van der Waals surface area contributed by atoms with E-state index in [1.54, 1.807) is 0 Å². The summed E-state index contributed by atoms with van der Waals surface area (Å²) in [7, 11) is 0. The third-order valence-electron chi connectivity index (χ3n) is 10.2. The lowest BCUT2D eigenvalue weighted by atomic mass is 9.94. The van der Waals surface area contributed by atoms with Crippen molar-refractivity contribution < 1.29 is 4.42 Å². The highest BCUT2D eigenvalue weighted by Crippen LogP contribution is 2.42. The molecule has 242 valence electrons. The van der Waals surface area contributed by atoms with Crippen LogP contribution in [0.2, 0.25) is 0 Å². The van der Waals surface area contributed by atoms with Gasteiger partial charge in [0.05, 0.1) is 11.4 Å². The predicted octanol–water partition coefficient (Wildman–Crippen LogP) is 13.7. The van der Waals surface area contributed by atoms with E-state index in [1.165, 1.54) is 36.3 Å². The van der Waals surface area contributed by atoms with Crippen molar-refractivity contribution in [1.29, 1.82) is 0 Å². The molecule has 3 heterocycles. The van der Waals surface area contributed by atoms with Crippen molar-refractivity contribution in [1.82, 2.24) is 9.97 Å². The molecule has 0 spiro atoms. The Morgan fingerprint density at radius 3 is 1.81 bits per heavy atom. The minimum absolute atomic E-state index is 0.686. The number of thiophene rings is 1. The normalized spacial score (nSPS) is 11.8. The number of fused-ring (bicyclic) bond motifs is 8. The van der Waals surface area contributed by atoms with Gasteiger partial charge in [0.2, 0.25) is 0 Å². The van der Waals surface area contributed by atoms with Gasteiger partial charge in [0, 0.05) is 47.6 Å². The average molecular weight is 681 g/mol. The highest BCUT2D eigenvalue weighted by atomic mass is 32.1. The zero-order valence-electron chi connectivity index (χ0n) is 27.9. The van der Waals surface area contributed by atoms with Crippen LogP contribution in [0.4, 0.5) is 0 Å². The van der Waals surface area contributed by atoms with Gasteiger partial charge in [0.25, 0.3) is 0 Å². The number of para-hydroxylation sites is 1. The summed E-state index contributed by atoms with van der Waals surface area (Å²) in [5.74, 6) is 0.686. The van der Waals surface area contributed by atoms with Gasteiger partial charge in [-0.25, -0.2) is 9.97 Å². The lowest BCUT2D eigenvalue weighted by Crippen LogP contribution is -1.96. The van der Waals surface area contributed by atoms with Crippen LogP contribution in [0.3, 0.4) is 0 Å². The predicted molar refractivity (Wildman–Crippen MR) is 219 cm³/mol. The maximum Gasteiger partial charge on any atom is 0.160 e. The number of rotatable bonds is 4.